The van der Waals surface area contributed by atoms with Crippen LogP contribution in [0.15, 0.2) is 0 Å². The molecule has 0 amide bonds. The molecule has 2 rings (SSSR count). The minimum absolute atomic E-state index is 0.123. The Morgan fingerprint density at radius 1 is 0.810 bits per heavy atom. The fourth-order valence-electron chi connectivity index (χ4n) is 1.99. The second-order valence-electron chi connectivity index (χ2n) is 4.61. The van der Waals surface area contributed by atoms with Crippen LogP contribution in [0.2, 0.25) is 0 Å². The van der Waals surface area contributed by atoms with Crippen LogP contribution in [0.4, 0.5) is 0 Å². The fraction of sp³-hybridized carbons (Fsp3) is 0.833. The SMILES string of the molecule is O=C(O)C1CC[N-]CC1.O=C(O)C1CC[N-]CC1.[Cl][Pt+2][Cl]. The van der Waals surface area contributed by atoms with E-state index in [9.17, 15) is 9.59 Å². The summed E-state index contributed by atoms with van der Waals surface area (Å²) in [5.41, 5.74) is 0. The first kappa shape index (κ1) is 21.1. The van der Waals surface area contributed by atoms with Crippen molar-refractivity contribution in [2.24, 2.45) is 11.8 Å². The van der Waals surface area contributed by atoms with E-state index in [0.29, 0.717) is 0 Å². The van der Waals surface area contributed by atoms with E-state index in [1.165, 1.54) is 0 Å². The number of nitrogens with zero attached hydrogens (tertiary/aromatic N) is 2. The number of hydrogen-bond acceptors (Lipinski definition) is 2. The van der Waals surface area contributed by atoms with Crippen LogP contribution in [0.5, 0.6) is 0 Å². The fourth-order valence-corrected chi connectivity index (χ4v) is 1.99. The van der Waals surface area contributed by atoms with E-state index >= 15 is 0 Å². The Kier molecular flexibility index (Phi) is 13.9. The van der Waals surface area contributed by atoms with Crippen molar-refractivity contribution in [2.75, 3.05) is 26.2 Å². The van der Waals surface area contributed by atoms with E-state index in [1.807, 2.05) is 0 Å². The van der Waals surface area contributed by atoms with Gasteiger partial charge in [-0.25, -0.2) is 0 Å². The zero-order chi connectivity index (χ0) is 16.1. The molecule has 0 aromatic carbocycles. The monoisotopic (exact) mass is 521 g/mol. The molecule has 126 valence electrons. The molecule has 0 atom stereocenters. The first-order valence-electron chi connectivity index (χ1n) is 6.57. The van der Waals surface area contributed by atoms with Gasteiger partial charge in [-0.3, -0.25) is 9.59 Å². The first-order chi connectivity index (χ1) is 10.0. The molecule has 2 fully saturated rings. The van der Waals surface area contributed by atoms with Gasteiger partial charge < -0.3 is 20.8 Å². The third-order valence-electron chi connectivity index (χ3n) is 3.24. The summed E-state index contributed by atoms with van der Waals surface area (Å²) in [5.74, 6) is -1.57. The summed E-state index contributed by atoms with van der Waals surface area (Å²) in [6.07, 6.45) is 2.93. The summed E-state index contributed by atoms with van der Waals surface area (Å²) in [4.78, 5) is 20.6. The second-order valence-corrected chi connectivity index (χ2v) is 7.89. The molecule has 2 N–H and O–H groups in total. The molecular formula is C12H20Cl2N2O4Pt. The zero-order valence-electron chi connectivity index (χ0n) is 11.5. The molecule has 2 aliphatic rings. The van der Waals surface area contributed by atoms with Crippen molar-refractivity contribution in [1.29, 1.82) is 0 Å². The molecule has 0 aliphatic carbocycles. The van der Waals surface area contributed by atoms with Crippen LogP contribution in [0.25, 0.3) is 10.6 Å². The normalized spacial score (nSPS) is 19.7. The minimum atomic E-state index is -0.662. The van der Waals surface area contributed by atoms with E-state index in [-0.39, 0.29) is 11.8 Å². The molecule has 2 heterocycles. The number of rotatable bonds is 2. The summed E-state index contributed by atoms with van der Waals surface area (Å²) in [6, 6.07) is 0. The van der Waals surface area contributed by atoms with Crippen molar-refractivity contribution in [1.82, 2.24) is 0 Å². The van der Waals surface area contributed by atoms with Crippen molar-refractivity contribution in [3.8, 4) is 0 Å². The van der Waals surface area contributed by atoms with Crippen LogP contribution in [0.3, 0.4) is 0 Å². The predicted octanol–water partition coefficient (Wildman–Crippen LogP) is 3.09. The number of piperidine rings is 2. The van der Waals surface area contributed by atoms with Gasteiger partial charge in [0.05, 0.1) is 11.8 Å². The van der Waals surface area contributed by atoms with Gasteiger partial charge in [0, 0.05) is 0 Å². The van der Waals surface area contributed by atoms with Gasteiger partial charge in [0.2, 0.25) is 0 Å². The zero-order valence-corrected chi connectivity index (χ0v) is 15.3. The average molecular weight is 522 g/mol. The van der Waals surface area contributed by atoms with Crippen molar-refractivity contribution in [3.63, 3.8) is 0 Å². The average Bonchev–Trinajstić information content (AvgIpc) is 2.50. The Balaban J connectivity index is 0.000000322. The van der Waals surface area contributed by atoms with Crippen LogP contribution in [0, 0.1) is 11.8 Å². The van der Waals surface area contributed by atoms with Gasteiger partial charge in [-0.2, -0.15) is 0 Å². The molecule has 2 saturated heterocycles. The Morgan fingerprint density at radius 2 is 1.05 bits per heavy atom. The molecule has 0 radical (unpaired) electrons. The maximum absolute atomic E-state index is 10.3. The van der Waals surface area contributed by atoms with Gasteiger partial charge in [0.1, 0.15) is 0 Å². The summed E-state index contributed by atoms with van der Waals surface area (Å²) in [7, 11) is 9.75. The second kappa shape index (κ2) is 13.8. The number of carbonyl (C=O) groups is 2. The van der Waals surface area contributed by atoms with Crippen LogP contribution in [-0.2, 0) is 26.1 Å². The summed E-state index contributed by atoms with van der Waals surface area (Å²) in [6.45, 7) is 2.93. The summed E-state index contributed by atoms with van der Waals surface area (Å²) < 4.78 is 0. The van der Waals surface area contributed by atoms with Gasteiger partial charge in [0.15, 0.2) is 0 Å². The van der Waals surface area contributed by atoms with Crippen molar-refractivity contribution in [2.45, 2.75) is 25.7 Å². The van der Waals surface area contributed by atoms with E-state index in [2.05, 4.69) is 10.6 Å². The van der Waals surface area contributed by atoms with E-state index in [4.69, 9.17) is 29.0 Å². The number of aliphatic carboxylic acids is 2. The van der Waals surface area contributed by atoms with Gasteiger partial charge in [-0.1, -0.05) is 25.7 Å². The molecule has 0 bridgehead atoms. The van der Waals surface area contributed by atoms with Crippen LogP contribution in [-0.4, -0.2) is 48.3 Å². The summed E-state index contributed by atoms with van der Waals surface area (Å²) >= 11 is -0.472. The predicted molar refractivity (Wildman–Crippen MR) is 78.6 cm³/mol. The molecule has 0 spiro atoms. The topological polar surface area (TPSA) is 103 Å². The molecule has 0 aromatic heterocycles. The molecule has 6 nitrogen and oxygen atoms in total. The van der Waals surface area contributed by atoms with E-state index in [1.54, 1.807) is 0 Å². The number of carboxylic acids is 2. The molecular weight excluding hydrogens is 502 g/mol. The molecule has 9 heteroatoms. The number of carboxylic acid groups (broad SMARTS) is 2. The van der Waals surface area contributed by atoms with Gasteiger partial charge in [-0.15, -0.1) is 26.2 Å². The Hall–Kier alpha value is 0.128. The van der Waals surface area contributed by atoms with Crippen molar-refractivity contribution < 1.29 is 36.3 Å². The van der Waals surface area contributed by atoms with Crippen LogP contribution >= 0.6 is 18.8 Å². The number of hydrogen-bond donors (Lipinski definition) is 2. The first-order valence-corrected chi connectivity index (χ1v) is 12.2. The number of halogens is 2. The molecule has 0 aromatic rings. The van der Waals surface area contributed by atoms with Crippen LogP contribution < -0.4 is 0 Å². The molecule has 21 heavy (non-hydrogen) atoms. The van der Waals surface area contributed by atoms with Crippen LogP contribution in [0.1, 0.15) is 25.7 Å². The Morgan fingerprint density at radius 3 is 1.19 bits per heavy atom. The van der Waals surface area contributed by atoms with Crippen molar-refractivity contribution >= 4 is 30.8 Å². The van der Waals surface area contributed by atoms with Gasteiger partial charge in [0.25, 0.3) is 0 Å². The van der Waals surface area contributed by atoms with Crippen molar-refractivity contribution in [3.05, 3.63) is 10.6 Å². The molecule has 0 saturated carbocycles. The third kappa shape index (κ3) is 11.4. The summed E-state index contributed by atoms with van der Waals surface area (Å²) in [5, 5.41) is 25.1. The quantitative estimate of drug-likeness (QED) is 0.582. The molecule has 0 unspecified atom stereocenters. The Labute approximate surface area is 141 Å². The Bertz CT molecular complexity index is 271. The molecule has 2 aliphatic heterocycles. The van der Waals surface area contributed by atoms with E-state index < -0.39 is 28.4 Å². The third-order valence-corrected chi connectivity index (χ3v) is 3.24. The van der Waals surface area contributed by atoms with Gasteiger partial charge in [-0.05, 0) is 0 Å². The maximum atomic E-state index is 10.3. The van der Waals surface area contributed by atoms with E-state index in [0.717, 1.165) is 51.9 Å². The standard InChI is InChI=1S/2C6H10NO2.2ClH.Pt/c2*8-6(9)5-1-3-7-4-2-5;;;/h2*5H,1-4H2,(H,8,9);2*1H;/q2*-1;;;+4/p-2. The van der Waals surface area contributed by atoms with Gasteiger partial charge >= 0.3 is 47.3 Å².